The number of para-hydroxylation sites is 1. The van der Waals surface area contributed by atoms with Gasteiger partial charge in [0.2, 0.25) is 0 Å². The molecule has 0 bridgehead atoms. The monoisotopic (exact) mass is 616 g/mol. The lowest BCUT2D eigenvalue weighted by Gasteiger charge is -2.44. The maximum atomic E-state index is 13.6. The van der Waals surface area contributed by atoms with Crippen molar-refractivity contribution >= 4 is 69.8 Å². The molecule has 2 aliphatic rings. The van der Waals surface area contributed by atoms with Crippen LogP contribution in [-0.2, 0) is 47.7 Å². The molecule has 1 aromatic carbocycles. The fraction of sp³-hybridized carbons (Fsp3) is 0.357. The quantitative estimate of drug-likeness (QED) is 0.244. The molecule has 5 atom stereocenters. The van der Waals surface area contributed by atoms with Crippen molar-refractivity contribution in [2.24, 2.45) is 4.99 Å². The lowest BCUT2D eigenvalue weighted by atomic mass is 9.99. The normalized spacial score (nSPS) is 24.6. The van der Waals surface area contributed by atoms with E-state index in [1.54, 1.807) is 36.4 Å². The minimum Gasteiger partial charge on any atom is -0.463 e. The standard InChI is InChI=1S/C28H28N2O10S2/c1-15(31)36-14-22-23(37-16(2)32)24(38-17(3)33)25(39-18(4)34)27(40-22)42-28-29-21(13-20-11-8-12-41-20)26(35)30(28)19-9-6-5-7-10-19/h5-13,22-25,27H,14H2,1-4H3/b21-13-/t22-,23-,24+,25+,27+/m1/s1. The van der Waals surface area contributed by atoms with Gasteiger partial charge in [0.15, 0.2) is 28.9 Å². The van der Waals surface area contributed by atoms with E-state index in [1.165, 1.54) is 23.2 Å². The summed E-state index contributed by atoms with van der Waals surface area (Å²) in [4.78, 5) is 68.4. The van der Waals surface area contributed by atoms with Gasteiger partial charge >= 0.3 is 23.9 Å². The Bertz CT molecular complexity index is 1390. The first-order valence-electron chi connectivity index (χ1n) is 12.7. The van der Waals surface area contributed by atoms with Gasteiger partial charge in [0, 0.05) is 32.6 Å². The van der Waals surface area contributed by atoms with E-state index in [9.17, 15) is 24.0 Å². The molecule has 1 fully saturated rings. The molecule has 0 radical (unpaired) electrons. The highest BCUT2D eigenvalue weighted by atomic mass is 32.2. The molecular formula is C28H28N2O10S2. The van der Waals surface area contributed by atoms with Gasteiger partial charge in [0.25, 0.3) is 5.91 Å². The first-order chi connectivity index (χ1) is 20.0. The van der Waals surface area contributed by atoms with E-state index in [1.807, 2.05) is 17.5 Å². The Kier molecular flexibility index (Phi) is 10.1. The molecule has 12 nitrogen and oxygen atoms in total. The highest BCUT2D eigenvalue weighted by Crippen LogP contribution is 2.38. The Morgan fingerprint density at radius 1 is 0.905 bits per heavy atom. The van der Waals surface area contributed by atoms with E-state index in [2.05, 4.69) is 4.99 Å². The summed E-state index contributed by atoms with van der Waals surface area (Å²) in [5, 5.41) is 2.06. The fourth-order valence-corrected chi connectivity index (χ4v) is 6.12. The van der Waals surface area contributed by atoms with Crippen LogP contribution in [0.2, 0.25) is 0 Å². The highest BCUT2D eigenvalue weighted by molar-refractivity contribution is 8.14. The number of rotatable bonds is 8. The topological polar surface area (TPSA) is 147 Å². The van der Waals surface area contributed by atoms with E-state index in [4.69, 9.17) is 23.7 Å². The van der Waals surface area contributed by atoms with Crippen molar-refractivity contribution < 1.29 is 47.7 Å². The van der Waals surface area contributed by atoms with Gasteiger partial charge in [-0.2, -0.15) is 0 Å². The average molecular weight is 617 g/mol. The number of amidine groups is 1. The number of benzene rings is 1. The fourth-order valence-electron chi connectivity index (χ4n) is 4.28. The predicted molar refractivity (Wildman–Crippen MR) is 153 cm³/mol. The van der Waals surface area contributed by atoms with E-state index in [0.29, 0.717) is 5.69 Å². The number of esters is 4. The second kappa shape index (κ2) is 13.8. The van der Waals surface area contributed by atoms with Crippen LogP contribution in [0.4, 0.5) is 5.69 Å². The maximum absolute atomic E-state index is 13.6. The smallest absolute Gasteiger partial charge is 0.303 e. The largest absolute Gasteiger partial charge is 0.463 e. The molecule has 0 N–H and O–H groups in total. The van der Waals surface area contributed by atoms with Gasteiger partial charge in [0.1, 0.15) is 18.4 Å². The molecule has 0 aliphatic carbocycles. The summed E-state index contributed by atoms with van der Waals surface area (Å²) in [5.41, 5.74) is -0.465. The Morgan fingerprint density at radius 2 is 1.55 bits per heavy atom. The summed E-state index contributed by atoms with van der Waals surface area (Å²) in [7, 11) is 0. The summed E-state index contributed by atoms with van der Waals surface area (Å²) >= 11 is 2.37. The van der Waals surface area contributed by atoms with Crippen molar-refractivity contribution in [3.05, 3.63) is 58.4 Å². The second-order valence-corrected chi connectivity index (χ2v) is 11.1. The minimum atomic E-state index is -1.34. The molecule has 2 aromatic rings. The predicted octanol–water partition coefficient (Wildman–Crippen LogP) is 3.31. The van der Waals surface area contributed by atoms with Crippen LogP contribution in [0, 0.1) is 0 Å². The number of anilines is 1. The van der Waals surface area contributed by atoms with E-state index >= 15 is 0 Å². The van der Waals surface area contributed by atoms with Crippen LogP contribution < -0.4 is 4.90 Å². The van der Waals surface area contributed by atoms with Crippen LogP contribution in [0.15, 0.2) is 58.5 Å². The number of aliphatic imine (C=N–C) groups is 1. The molecule has 4 rings (SSSR count). The summed E-state index contributed by atoms with van der Waals surface area (Å²) in [5.74, 6) is -3.23. The number of nitrogens with zero attached hydrogens (tertiary/aromatic N) is 2. The number of thioether (sulfide) groups is 1. The zero-order chi connectivity index (χ0) is 30.4. The molecule has 1 aromatic heterocycles. The Balaban J connectivity index is 1.77. The Labute approximate surface area is 249 Å². The van der Waals surface area contributed by atoms with Crippen LogP contribution in [0.5, 0.6) is 0 Å². The van der Waals surface area contributed by atoms with Gasteiger partial charge in [0.05, 0.1) is 5.69 Å². The van der Waals surface area contributed by atoms with Crippen LogP contribution in [0.25, 0.3) is 6.08 Å². The molecule has 222 valence electrons. The summed E-state index contributed by atoms with van der Waals surface area (Å²) in [6, 6.07) is 12.5. The van der Waals surface area contributed by atoms with Crippen molar-refractivity contribution in [3.8, 4) is 0 Å². The third kappa shape index (κ3) is 7.63. The molecule has 2 aliphatic heterocycles. The summed E-state index contributed by atoms with van der Waals surface area (Å²) < 4.78 is 27.9. The van der Waals surface area contributed by atoms with Gasteiger partial charge in [-0.05, 0) is 29.7 Å². The number of thiophene rings is 1. The number of carbonyl (C=O) groups is 5. The van der Waals surface area contributed by atoms with Gasteiger partial charge in [-0.25, -0.2) is 4.99 Å². The Morgan fingerprint density at radius 3 is 2.14 bits per heavy atom. The number of amides is 1. The molecule has 1 amide bonds. The number of carbonyl (C=O) groups excluding carboxylic acids is 5. The van der Waals surface area contributed by atoms with Gasteiger partial charge in [-0.3, -0.25) is 28.9 Å². The molecule has 42 heavy (non-hydrogen) atoms. The van der Waals surface area contributed by atoms with Gasteiger partial charge < -0.3 is 23.7 Å². The van der Waals surface area contributed by atoms with Crippen molar-refractivity contribution in [3.63, 3.8) is 0 Å². The van der Waals surface area contributed by atoms with E-state index < -0.39 is 59.6 Å². The maximum Gasteiger partial charge on any atom is 0.303 e. The number of hydrogen-bond donors (Lipinski definition) is 0. The van der Waals surface area contributed by atoms with Crippen molar-refractivity contribution in [2.45, 2.75) is 57.5 Å². The third-order valence-electron chi connectivity index (χ3n) is 5.84. The Hall–Kier alpha value is -4.01. The van der Waals surface area contributed by atoms with Crippen LogP contribution in [0.3, 0.4) is 0 Å². The highest BCUT2D eigenvalue weighted by Gasteiger charge is 2.53. The van der Waals surface area contributed by atoms with E-state index in [-0.39, 0.29) is 17.5 Å². The van der Waals surface area contributed by atoms with Crippen LogP contribution >= 0.6 is 23.1 Å². The number of hydrogen-bond acceptors (Lipinski definition) is 13. The molecular weight excluding hydrogens is 588 g/mol. The number of ether oxygens (including phenoxy) is 5. The van der Waals surface area contributed by atoms with Crippen LogP contribution in [-0.4, -0.2) is 71.4 Å². The van der Waals surface area contributed by atoms with Crippen molar-refractivity contribution in [2.75, 3.05) is 11.5 Å². The summed E-state index contributed by atoms with van der Waals surface area (Å²) in [6.45, 7) is 4.28. The van der Waals surface area contributed by atoms with Crippen molar-refractivity contribution in [1.29, 1.82) is 0 Å². The minimum absolute atomic E-state index is 0.162. The summed E-state index contributed by atoms with van der Waals surface area (Å²) in [6.07, 6.45) is -3.42. The van der Waals surface area contributed by atoms with E-state index in [0.717, 1.165) is 37.4 Å². The molecule has 1 saturated heterocycles. The van der Waals surface area contributed by atoms with Gasteiger partial charge in [-0.15, -0.1) is 11.3 Å². The lowest BCUT2D eigenvalue weighted by Crippen LogP contribution is -2.61. The molecule has 0 saturated carbocycles. The zero-order valence-corrected chi connectivity index (χ0v) is 24.7. The van der Waals surface area contributed by atoms with Gasteiger partial charge in [-0.1, -0.05) is 36.0 Å². The lowest BCUT2D eigenvalue weighted by molar-refractivity contribution is -0.237. The first kappa shape index (κ1) is 30.9. The first-order valence-corrected chi connectivity index (χ1v) is 14.5. The molecule has 14 heteroatoms. The molecule has 0 unspecified atom stereocenters. The average Bonchev–Trinajstić information content (AvgIpc) is 3.54. The van der Waals surface area contributed by atoms with Crippen LogP contribution in [0.1, 0.15) is 32.6 Å². The molecule has 3 heterocycles. The zero-order valence-electron chi connectivity index (χ0n) is 23.1. The third-order valence-corrected chi connectivity index (χ3v) is 7.75. The SMILES string of the molecule is CC(=O)OC[C@H]1O[C@@H](SC2=N/C(=C\c3cccs3)C(=O)N2c2ccccc2)[C@@H](OC(C)=O)[C@@H](OC(C)=O)[C@@H]1OC(C)=O. The molecule has 0 spiro atoms. The second-order valence-electron chi connectivity index (χ2n) is 9.10. The van der Waals surface area contributed by atoms with Crippen molar-refractivity contribution in [1.82, 2.24) is 0 Å².